The molecule has 0 radical (unpaired) electrons. The number of benzene rings is 4. The van der Waals surface area contributed by atoms with Crippen LogP contribution in [0.2, 0.25) is 0 Å². The number of rotatable bonds is 4. The molecule has 4 aromatic rings. The fraction of sp³-hybridized carbons (Fsp3) is 0.176. The van der Waals surface area contributed by atoms with Crippen molar-refractivity contribution >= 4 is 16.8 Å². The Morgan fingerprint density at radius 1 is 0.784 bits per heavy atom. The minimum Gasteiger partial charge on any atom is -0.258 e. The van der Waals surface area contributed by atoms with E-state index in [4.69, 9.17) is 0 Å². The molecule has 5 rings (SSSR count). The van der Waals surface area contributed by atoms with Crippen molar-refractivity contribution in [1.29, 1.82) is 0 Å². The number of hydrogen-bond acceptors (Lipinski definition) is 2. The number of hydrogen-bond donors (Lipinski definition) is 0. The summed E-state index contributed by atoms with van der Waals surface area (Å²) in [5, 5.41) is 11.3. The summed E-state index contributed by atoms with van der Waals surface area (Å²) in [7, 11) is 0. The first-order valence-corrected chi connectivity index (χ1v) is 12.6. The van der Waals surface area contributed by atoms with Crippen molar-refractivity contribution in [2.24, 2.45) is 0 Å². The maximum Gasteiger partial charge on any atom is 0.269 e. The van der Waals surface area contributed by atoms with Crippen LogP contribution in [-0.4, -0.2) is 4.92 Å². The molecule has 0 atom stereocenters. The van der Waals surface area contributed by atoms with Crippen LogP contribution in [0.1, 0.15) is 72.6 Å². The minimum absolute atomic E-state index is 0.0904. The van der Waals surface area contributed by atoms with E-state index in [1.807, 2.05) is 48.5 Å². The van der Waals surface area contributed by atoms with E-state index in [-0.39, 0.29) is 16.0 Å². The van der Waals surface area contributed by atoms with Gasteiger partial charge in [-0.1, -0.05) is 94.1 Å². The molecule has 0 spiro atoms. The Kier molecular flexibility index (Phi) is 6.27. The molecular formula is C34H29NO2. The third-order valence-corrected chi connectivity index (χ3v) is 7.17. The fourth-order valence-electron chi connectivity index (χ4n) is 5.33. The van der Waals surface area contributed by atoms with E-state index in [2.05, 4.69) is 75.9 Å². The lowest BCUT2D eigenvalue weighted by atomic mass is 9.77. The highest BCUT2D eigenvalue weighted by atomic mass is 16.6. The SMILES string of the molecule is CC(C)c1cc2c(cc1C#Cc1ccccc1)C(c1ccc([N+](=O)[O-])cc1)=C(c1ccccc1)C2(C)C. The van der Waals surface area contributed by atoms with Gasteiger partial charge in [0.1, 0.15) is 0 Å². The largest absolute Gasteiger partial charge is 0.269 e. The van der Waals surface area contributed by atoms with Crippen LogP contribution in [0, 0.1) is 22.0 Å². The van der Waals surface area contributed by atoms with Crippen LogP contribution in [-0.2, 0) is 5.41 Å². The summed E-state index contributed by atoms with van der Waals surface area (Å²) in [4.78, 5) is 11.0. The van der Waals surface area contributed by atoms with Gasteiger partial charge < -0.3 is 0 Å². The smallest absolute Gasteiger partial charge is 0.258 e. The Hall–Kier alpha value is -4.42. The topological polar surface area (TPSA) is 43.1 Å². The molecule has 0 saturated heterocycles. The molecule has 1 aliphatic carbocycles. The predicted molar refractivity (Wildman–Crippen MR) is 151 cm³/mol. The summed E-state index contributed by atoms with van der Waals surface area (Å²) < 4.78 is 0. The normalized spacial score (nSPS) is 13.8. The Balaban J connectivity index is 1.78. The summed E-state index contributed by atoms with van der Waals surface area (Å²) >= 11 is 0. The van der Waals surface area contributed by atoms with Gasteiger partial charge >= 0.3 is 0 Å². The van der Waals surface area contributed by atoms with Crippen molar-refractivity contribution in [1.82, 2.24) is 0 Å². The molecule has 0 aliphatic heterocycles. The van der Waals surface area contributed by atoms with Crippen LogP contribution in [0.3, 0.4) is 0 Å². The Morgan fingerprint density at radius 2 is 1.41 bits per heavy atom. The van der Waals surface area contributed by atoms with Gasteiger partial charge in [-0.15, -0.1) is 0 Å². The highest BCUT2D eigenvalue weighted by Crippen LogP contribution is 2.54. The molecule has 0 aromatic heterocycles. The zero-order chi connectivity index (χ0) is 26.2. The number of non-ortho nitro benzene ring substituents is 1. The van der Waals surface area contributed by atoms with Crippen LogP contribution >= 0.6 is 0 Å². The molecule has 0 amide bonds. The molecule has 0 saturated carbocycles. The molecule has 3 nitrogen and oxygen atoms in total. The molecule has 37 heavy (non-hydrogen) atoms. The molecule has 4 aromatic carbocycles. The summed E-state index contributed by atoms with van der Waals surface area (Å²) in [6.45, 7) is 8.96. The van der Waals surface area contributed by atoms with Crippen LogP contribution < -0.4 is 0 Å². The molecule has 0 heterocycles. The molecule has 182 valence electrons. The van der Waals surface area contributed by atoms with E-state index in [9.17, 15) is 10.1 Å². The first kappa shape index (κ1) is 24.3. The lowest BCUT2D eigenvalue weighted by Crippen LogP contribution is -2.17. The highest BCUT2D eigenvalue weighted by molar-refractivity contribution is 6.07. The van der Waals surface area contributed by atoms with Crippen LogP contribution in [0.15, 0.2) is 97.1 Å². The van der Waals surface area contributed by atoms with Gasteiger partial charge in [0.05, 0.1) is 4.92 Å². The number of fused-ring (bicyclic) bond motifs is 1. The van der Waals surface area contributed by atoms with Crippen molar-refractivity contribution in [2.75, 3.05) is 0 Å². The summed E-state index contributed by atoms with van der Waals surface area (Å²) in [6, 6.07) is 32.0. The van der Waals surface area contributed by atoms with Crippen molar-refractivity contribution < 1.29 is 4.92 Å². The Bertz CT molecular complexity index is 1570. The molecule has 1 aliphatic rings. The maximum absolute atomic E-state index is 11.3. The van der Waals surface area contributed by atoms with Gasteiger partial charge in [-0.25, -0.2) is 0 Å². The third-order valence-electron chi connectivity index (χ3n) is 7.17. The average molecular weight is 484 g/mol. The second-order valence-electron chi connectivity index (χ2n) is 10.3. The first-order valence-electron chi connectivity index (χ1n) is 12.6. The second-order valence-corrected chi connectivity index (χ2v) is 10.3. The van der Waals surface area contributed by atoms with E-state index in [0.717, 1.165) is 33.4 Å². The van der Waals surface area contributed by atoms with Gasteiger partial charge in [0.25, 0.3) is 5.69 Å². The predicted octanol–water partition coefficient (Wildman–Crippen LogP) is 8.37. The van der Waals surface area contributed by atoms with Crippen LogP contribution in [0.4, 0.5) is 5.69 Å². The third kappa shape index (κ3) is 4.47. The summed E-state index contributed by atoms with van der Waals surface area (Å²) in [6.07, 6.45) is 0. The second kappa shape index (κ2) is 9.56. The van der Waals surface area contributed by atoms with E-state index in [0.29, 0.717) is 5.92 Å². The summed E-state index contributed by atoms with van der Waals surface area (Å²) in [5.74, 6) is 7.11. The van der Waals surface area contributed by atoms with Crippen molar-refractivity contribution in [3.63, 3.8) is 0 Å². The quantitative estimate of drug-likeness (QED) is 0.166. The lowest BCUT2D eigenvalue weighted by molar-refractivity contribution is -0.384. The van der Waals surface area contributed by atoms with Crippen LogP contribution in [0.5, 0.6) is 0 Å². The minimum atomic E-state index is -0.352. The van der Waals surface area contributed by atoms with Crippen LogP contribution in [0.25, 0.3) is 11.1 Å². The lowest BCUT2D eigenvalue weighted by Gasteiger charge is -2.26. The zero-order valence-corrected chi connectivity index (χ0v) is 21.6. The molecule has 0 N–H and O–H groups in total. The van der Waals surface area contributed by atoms with Gasteiger partial charge in [0.15, 0.2) is 0 Å². The first-order chi connectivity index (χ1) is 17.8. The monoisotopic (exact) mass is 483 g/mol. The van der Waals surface area contributed by atoms with E-state index < -0.39 is 0 Å². The van der Waals surface area contributed by atoms with E-state index in [1.54, 1.807) is 12.1 Å². The molecule has 0 bridgehead atoms. The fourth-order valence-corrected chi connectivity index (χ4v) is 5.33. The maximum atomic E-state index is 11.3. The van der Waals surface area contributed by atoms with Gasteiger partial charge in [0, 0.05) is 28.7 Å². The molecule has 0 unspecified atom stereocenters. The Morgan fingerprint density at radius 3 is 2.00 bits per heavy atom. The average Bonchev–Trinajstić information content (AvgIpc) is 3.14. The van der Waals surface area contributed by atoms with Gasteiger partial charge in [-0.05, 0) is 75.2 Å². The number of nitro benzene ring substituents is 1. The van der Waals surface area contributed by atoms with Gasteiger partial charge in [0.2, 0.25) is 0 Å². The number of allylic oxidation sites excluding steroid dienone is 1. The Labute approximate surface area is 218 Å². The van der Waals surface area contributed by atoms with E-state index >= 15 is 0 Å². The van der Waals surface area contributed by atoms with Crippen molar-refractivity contribution in [3.05, 3.63) is 146 Å². The summed E-state index contributed by atoms with van der Waals surface area (Å²) in [5.41, 5.74) is 9.90. The van der Waals surface area contributed by atoms with Crippen molar-refractivity contribution in [2.45, 2.75) is 39.0 Å². The van der Waals surface area contributed by atoms with Gasteiger partial charge in [-0.3, -0.25) is 10.1 Å². The zero-order valence-electron chi connectivity index (χ0n) is 21.6. The molecule has 0 fully saturated rings. The standard InChI is InChI=1S/C34H29NO2/c1-23(2)29-22-31-30(21-27(29)16-15-24-11-7-5-8-12-24)32(25-17-19-28(20-18-25)35(36)37)33(34(31,3)4)26-13-9-6-10-14-26/h5-14,17-23H,1-4H3. The molecule has 3 heteroatoms. The van der Waals surface area contributed by atoms with Crippen molar-refractivity contribution in [3.8, 4) is 11.8 Å². The highest BCUT2D eigenvalue weighted by Gasteiger charge is 2.39. The molecular weight excluding hydrogens is 454 g/mol. The number of nitrogens with zero attached hydrogens (tertiary/aromatic N) is 1. The van der Waals surface area contributed by atoms with Gasteiger partial charge in [-0.2, -0.15) is 0 Å². The van der Waals surface area contributed by atoms with E-state index in [1.165, 1.54) is 16.7 Å². The number of nitro groups is 1.